The maximum atomic E-state index is 11.3. The Kier molecular flexibility index (Phi) is 6.39. The van der Waals surface area contributed by atoms with Gasteiger partial charge in [-0.15, -0.1) is 0 Å². The van der Waals surface area contributed by atoms with E-state index in [1.165, 1.54) is 18.0 Å². The molecule has 0 saturated heterocycles. The van der Waals surface area contributed by atoms with Crippen molar-refractivity contribution in [3.63, 3.8) is 0 Å². The van der Waals surface area contributed by atoms with E-state index in [0.717, 1.165) is 11.3 Å². The van der Waals surface area contributed by atoms with Crippen LogP contribution in [0.1, 0.15) is 15.9 Å². The molecular formula is C16H19N3O4S. The van der Waals surface area contributed by atoms with Gasteiger partial charge in [0, 0.05) is 6.20 Å². The molecule has 0 aliphatic heterocycles. The summed E-state index contributed by atoms with van der Waals surface area (Å²) in [5.74, 6) is -0.165. The lowest BCUT2D eigenvalue weighted by Crippen LogP contribution is -2.28. The summed E-state index contributed by atoms with van der Waals surface area (Å²) in [5.41, 5.74) is 0.958. The van der Waals surface area contributed by atoms with E-state index >= 15 is 0 Å². The van der Waals surface area contributed by atoms with Crippen LogP contribution in [0.2, 0.25) is 0 Å². The molecular weight excluding hydrogens is 330 g/mol. The van der Waals surface area contributed by atoms with Gasteiger partial charge in [0.2, 0.25) is 0 Å². The van der Waals surface area contributed by atoms with Gasteiger partial charge in [-0.2, -0.15) is 0 Å². The highest BCUT2D eigenvalue weighted by molar-refractivity contribution is 7.98. The van der Waals surface area contributed by atoms with Crippen molar-refractivity contribution in [3.8, 4) is 5.75 Å². The largest absolute Gasteiger partial charge is 0.497 e. The maximum Gasteiger partial charge on any atom is 0.341 e. The van der Waals surface area contributed by atoms with E-state index < -0.39 is 5.97 Å². The summed E-state index contributed by atoms with van der Waals surface area (Å²) in [6.45, 7) is -0.163. The van der Waals surface area contributed by atoms with E-state index in [1.54, 1.807) is 13.4 Å². The van der Waals surface area contributed by atoms with E-state index in [9.17, 15) is 15.0 Å². The fourth-order valence-corrected chi connectivity index (χ4v) is 2.47. The van der Waals surface area contributed by atoms with Crippen LogP contribution in [0.3, 0.4) is 0 Å². The molecule has 3 N–H and O–H groups in total. The number of carboxylic acids is 1. The van der Waals surface area contributed by atoms with Crippen molar-refractivity contribution >= 4 is 23.5 Å². The molecule has 0 radical (unpaired) electrons. The van der Waals surface area contributed by atoms with Gasteiger partial charge >= 0.3 is 5.97 Å². The summed E-state index contributed by atoms with van der Waals surface area (Å²) < 4.78 is 5.11. The van der Waals surface area contributed by atoms with Crippen LogP contribution in [0.5, 0.6) is 5.75 Å². The zero-order chi connectivity index (χ0) is 17.5. The number of carbonyl (C=O) groups is 1. The molecule has 0 aliphatic carbocycles. The first-order valence-corrected chi connectivity index (χ1v) is 8.44. The average molecular weight is 349 g/mol. The minimum absolute atomic E-state index is 0.0269. The number of nitrogens with one attached hydrogen (secondary N) is 1. The molecule has 24 heavy (non-hydrogen) atoms. The lowest BCUT2D eigenvalue weighted by molar-refractivity contribution is 0.0696. The van der Waals surface area contributed by atoms with Crippen molar-refractivity contribution in [2.45, 2.75) is 17.6 Å². The Labute approximate surface area is 144 Å². The Hall–Kier alpha value is -2.32. The number of rotatable bonds is 8. The fourth-order valence-electron chi connectivity index (χ4n) is 2.13. The van der Waals surface area contributed by atoms with Crippen LogP contribution in [-0.2, 0) is 6.42 Å². The highest BCUT2D eigenvalue weighted by atomic mass is 32.2. The van der Waals surface area contributed by atoms with Gasteiger partial charge in [0.15, 0.2) is 5.16 Å². The Morgan fingerprint density at radius 3 is 2.62 bits per heavy atom. The summed E-state index contributed by atoms with van der Waals surface area (Å²) in [5, 5.41) is 22.3. The second kappa shape index (κ2) is 8.51. The average Bonchev–Trinajstić information content (AvgIpc) is 2.61. The highest BCUT2D eigenvalue weighted by Gasteiger charge is 2.17. The maximum absolute atomic E-state index is 11.3. The molecule has 7 nitrogen and oxygen atoms in total. The number of anilines is 1. The molecule has 1 aromatic heterocycles. The Morgan fingerprint density at radius 2 is 2.08 bits per heavy atom. The van der Waals surface area contributed by atoms with E-state index in [4.69, 9.17) is 4.74 Å². The number of aromatic nitrogens is 2. The molecule has 1 heterocycles. The van der Waals surface area contributed by atoms with E-state index in [-0.39, 0.29) is 24.0 Å². The predicted molar refractivity (Wildman–Crippen MR) is 92.0 cm³/mol. The quantitative estimate of drug-likeness (QED) is 0.490. The first-order chi connectivity index (χ1) is 11.6. The lowest BCUT2D eigenvalue weighted by atomic mass is 10.1. The number of nitrogens with zero attached hydrogens (tertiary/aromatic N) is 2. The molecule has 8 heteroatoms. The molecule has 128 valence electrons. The minimum Gasteiger partial charge on any atom is -0.497 e. The third kappa shape index (κ3) is 4.59. The van der Waals surface area contributed by atoms with Crippen molar-refractivity contribution < 1.29 is 19.7 Å². The highest BCUT2D eigenvalue weighted by Crippen LogP contribution is 2.19. The van der Waals surface area contributed by atoms with Crippen molar-refractivity contribution in [1.29, 1.82) is 0 Å². The second-order valence-electron chi connectivity index (χ2n) is 5.00. The molecule has 1 unspecified atom stereocenters. The number of methoxy groups -OCH3 is 1. The van der Waals surface area contributed by atoms with Gasteiger partial charge in [0.25, 0.3) is 0 Å². The second-order valence-corrected chi connectivity index (χ2v) is 5.77. The number of hydrogen-bond acceptors (Lipinski definition) is 7. The number of aromatic carboxylic acids is 1. The van der Waals surface area contributed by atoms with Gasteiger partial charge in [-0.3, -0.25) is 0 Å². The van der Waals surface area contributed by atoms with Crippen molar-refractivity contribution in [2.75, 3.05) is 25.3 Å². The third-order valence-corrected chi connectivity index (χ3v) is 3.94. The number of hydrogen-bond donors (Lipinski definition) is 3. The van der Waals surface area contributed by atoms with Gasteiger partial charge in [-0.25, -0.2) is 14.8 Å². The molecule has 0 spiro atoms. The number of thioether (sulfide) groups is 1. The zero-order valence-corrected chi connectivity index (χ0v) is 14.2. The van der Waals surface area contributed by atoms with Crippen LogP contribution in [-0.4, -0.2) is 52.2 Å². The fraction of sp³-hybridized carbons (Fsp3) is 0.312. The van der Waals surface area contributed by atoms with Crippen LogP contribution < -0.4 is 10.1 Å². The number of aliphatic hydroxyl groups excluding tert-OH is 1. The molecule has 2 rings (SSSR count). The number of carboxylic acid groups (broad SMARTS) is 1. The topological polar surface area (TPSA) is 105 Å². The SMILES string of the molecule is COc1ccc(CC(CO)Nc2nc(SC)ncc2C(=O)O)cc1. The summed E-state index contributed by atoms with van der Waals surface area (Å²) in [4.78, 5) is 19.5. The molecule has 0 fully saturated rings. The first-order valence-electron chi connectivity index (χ1n) is 7.22. The molecule has 0 bridgehead atoms. The van der Waals surface area contributed by atoms with Gasteiger partial charge in [0.05, 0.1) is 19.8 Å². The molecule has 1 atom stereocenters. The van der Waals surface area contributed by atoms with Crippen molar-refractivity contribution in [1.82, 2.24) is 9.97 Å². The number of benzene rings is 1. The van der Waals surface area contributed by atoms with E-state index in [2.05, 4.69) is 15.3 Å². The standard InChI is InChI=1S/C16H19N3O4S/c1-23-12-5-3-10(4-6-12)7-11(9-20)18-14-13(15(21)22)8-17-16(19-14)24-2/h3-6,8,11,20H,7,9H2,1-2H3,(H,21,22)(H,17,18,19). The van der Waals surface area contributed by atoms with Crippen LogP contribution >= 0.6 is 11.8 Å². The van der Waals surface area contributed by atoms with Gasteiger partial charge < -0.3 is 20.3 Å². The summed E-state index contributed by atoms with van der Waals surface area (Å²) >= 11 is 1.31. The Bertz CT molecular complexity index is 694. The van der Waals surface area contributed by atoms with Gasteiger partial charge in [-0.05, 0) is 30.4 Å². The Morgan fingerprint density at radius 1 is 1.38 bits per heavy atom. The minimum atomic E-state index is -1.12. The van der Waals surface area contributed by atoms with Crippen molar-refractivity contribution in [2.24, 2.45) is 0 Å². The predicted octanol–water partition coefficient (Wildman–Crippen LogP) is 1.92. The summed E-state index contributed by atoms with van der Waals surface area (Å²) in [6.07, 6.45) is 3.59. The third-order valence-electron chi connectivity index (χ3n) is 3.38. The normalized spacial score (nSPS) is 11.8. The molecule has 0 saturated carbocycles. The summed E-state index contributed by atoms with van der Waals surface area (Å²) in [7, 11) is 1.60. The summed E-state index contributed by atoms with van der Waals surface area (Å²) in [6, 6.07) is 7.09. The van der Waals surface area contributed by atoms with Gasteiger partial charge in [0.1, 0.15) is 17.1 Å². The monoisotopic (exact) mass is 349 g/mol. The molecule has 0 aliphatic rings. The lowest BCUT2D eigenvalue weighted by Gasteiger charge is -2.18. The molecule has 0 amide bonds. The van der Waals surface area contributed by atoms with E-state index in [1.807, 2.05) is 24.3 Å². The zero-order valence-electron chi connectivity index (χ0n) is 13.4. The van der Waals surface area contributed by atoms with Crippen LogP contribution in [0.4, 0.5) is 5.82 Å². The molecule has 1 aromatic carbocycles. The molecule has 2 aromatic rings. The number of ether oxygens (including phenoxy) is 1. The Balaban J connectivity index is 2.18. The van der Waals surface area contributed by atoms with E-state index in [0.29, 0.717) is 11.6 Å². The van der Waals surface area contributed by atoms with Crippen LogP contribution in [0.15, 0.2) is 35.6 Å². The van der Waals surface area contributed by atoms with Crippen LogP contribution in [0, 0.1) is 0 Å². The van der Waals surface area contributed by atoms with Crippen molar-refractivity contribution in [3.05, 3.63) is 41.6 Å². The smallest absolute Gasteiger partial charge is 0.341 e. The first kappa shape index (κ1) is 18.0. The van der Waals surface area contributed by atoms with Gasteiger partial charge in [-0.1, -0.05) is 23.9 Å². The number of aliphatic hydroxyl groups is 1. The van der Waals surface area contributed by atoms with Crippen LogP contribution in [0.25, 0.3) is 0 Å².